The van der Waals surface area contributed by atoms with E-state index in [1.54, 1.807) is 9.58 Å². The molecular formula is C26H25N3O. The first-order chi connectivity index (χ1) is 14.7. The second kappa shape index (κ2) is 8.78. The topological polar surface area (TPSA) is 38.1 Å². The van der Waals surface area contributed by atoms with Gasteiger partial charge >= 0.3 is 0 Å². The average Bonchev–Trinajstić information content (AvgIpc) is 3.26. The monoisotopic (exact) mass is 395 g/mol. The van der Waals surface area contributed by atoms with Crippen molar-refractivity contribution in [1.82, 2.24) is 14.7 Å². The van der Waals surface area contributed by atoms with Gasteiger partial charge in [0.15, 0.2) is 0 Å². The standard InChI is InChI=1S/C26H25N3O/c1-3-20-14-16-21(17-15-20)18-28(2)26(30)24-19-29(23-12-8-5-9-13-23)27-25(24)22-10-6-4-7-11-22/h4-17,19H,3,18H2,1-2H3. The fraction of sp³-hybridized carbons (Fsp3) is 0.154. The third-order valence-electron chi connectivity index (χ3n) is 5.21. The van der Waals surface area contributed by atoms with Crippen LogP contribution in [0.3, 0.4) is 0 Å². The minimum Gasteiger partial charge on any atom is -0.337 e. The number of carbonyl (C=O) groups is 1. The van der Waals surface area contributed by atoms with Crippen LogP contribution in [-0.4, -0.2) is 27.6 Å². The number of carbonyl (C=O) groups excluding carboxylic acids is 1. The maximum atomic E-state index is 13.4. The summed E-state index contributed by atoms with van der Waals surface area (Å²) in [7, 11) is 1.84. The molecule has 1 aromatic heterocycles. The van der Waals surface area contributed by atoms with Crippen LogP contribution >= 0.6 is 0 Å². The van der Waals surface area contributed by atoms with Crippen molar-refractivity contribution in [2.24, 2.45) is 0 Å². The van der Waals surface area contributed by atoms with E-state index in [1.165, 1.54) is 5.56 Å². The summed E-state index contributed by atoms with van der Waals surface area (Å²) in [5, 5.41) is 4.75. The zero-order chi connectivity index (χ0) is 20.9. The number of nitrogens with zero attached hydrogens (tertiary/aromatic N) is 3. The van der Waals surface area contributed by atoms with Crippen LogP contribution in [-0.2, 0) is 13.0 Å². The first-order valence-electron chi connectivity index (χ1n) is 10.2. The van der Waals surface area contributed by atoms with Gasteiger partial charge in [-0.05, 0) is 29.7 Å². The van der Waals surface area contributed by atoms with Gasteiger partial charge in [-0.15, -0.1) is 0 Å². The molecule has 0 bridgehead atoms. The molecule has 1 amide bonds. The van der Waals surface area contributed by atoms with Gasteiger partial charge in [-0.1, -0.05) is 79.7 Å². The Balaban J connectivity index is 1.67. The molecule has 0 fully saturated rings. The van der Waals surface area contributed by atoms with Crippen molar-refractivity contribution in [3.63, 3.8) is 0 Å². The molecule has 0 N–H and O–H groups in total. The number of aromatic nitrogens is 2. The summed E-state index contributed by atoms with van der Waals surface area (Å²) >= 11 is 0. The SMILES string of the molecule is CCc1ccc(CN(C)C(=O)c2cn(-c3ccccc3)nc2-c2ccccc2)cc1. The summed E-state index contributed by atoms with van der Waals surface area (Å²) in [5.74, 6) is -0.0457. The molecule has 0 aliphatic carbocycles. The number of para-hydroxylation sites is 1. The van der Waals surface area contributed by atoms with Gasteiger partial charge < -0.3 is 4.90 Å². The molecule has 0 spiro atoms. The van der Waals surface area contributed by atoms with E-state index in [9.17, 15) is 4.79 Å². The number of hydrogen-bond acceptors (Lipinski definition) is 2. The number of benzene rings is 3. The number of amides is 1. The molecule has 3 aromatic carbocycles. The van der Waals surface area contributed by atoms with Crippen LogP contribution in [0.4, 0.5) is 0 Å². The van der Waals surface area contributed by atoms with Gasteiger partial charge in [0.2, 0.25) is 0 Å². The van der Waals surface area contributed by atoms with Crippen molar-refractivity contribution in [2.45, 2.75) is 19.9 Å². The van der Waals surface area contributed by atoms with Gasteiger partial charge in [-0.3, -0.25) is 4.79 Å². The van der Waals surface area contributed by atoms with E-state index in [2.05, 4.69) is 31.2 Å². The molecule has 0 saturated heterocycles. The molecule has 0 aliphatic rings. The van der Waals surface area contributed by atoms with Crippen molar-refractivity contribution < 1.29 is 4.79 Å². The zero-order valence-corrected chi connectivity index (χ0v) is 17.3. The first kappa shape index (κ1) is 19.6. The first-order valence-corrected chi connectivity index (χ1v) is 10.2. The molecule has 4 heteroatoms. The molecule has 1 heterocycles. The van der Waals surface area contributed by atoms with Crippen molar-refractivity contribution >= 4 is 5.91 Å². The average molecular weight is 396 g/mol. The molecule has 4 rings (SSSR count). The number of hydrogen-bond donors (Lipinski definition) is 0. The summed E-state index contributed by atoms with van der Waals surface area (Å²) in [4.78, 5) is 15.1. The molecule has 0 saturated carbocycles. The van der Waals surface area contributed by atoms with Crippen molar-refractivity contribution in [2.75, 3.05) is 7.05 Å². The molecule has 0 radical (unpaired) electrons. The Labute approximate surface area is 177 Å². The van der Waals surface area contributed by atoms with Gasteiger partial charge in [-0.2, -0.15) is 5.10 Å². The molecule has 0 aliphatic heterocycles. The van der Waals surface area contributed by atoms with E-state index >= 15 is 0 Å². The molecule has 30 heavy (non-hydrogen) atoms. The predicted molar refractivity (Wildman–Crippen MR) is 121 cm³/mol. The van der Waals surface area contributed by atoms with Crippen molar-refractivity contribution in [3.05, 3.63) is 108 Å². The summed E-state index contributed by atoms with van der Waals surface area (Å²) < 4.78 is 1.78. The second-order valence-corrected chi connectivity index (χ2v) is 7.37. The largest absolute Gasteiger partial charge is 0.337 e. The minimum atomic E-state index is -0.0457. The van der Waals surface area contributed by atoms with Crippen molar-refractivity contribution in [3.8, 4) is 16.9 Å². The van der Waals surface area contributed by atoms with Gasteiger partial charge in [0.25, 0.3) is 5.91 Å². The maximum absolute atomic E-state index is 13.4. The van der Waals surface area contributed by atoms with Crippen LogP contribution in [0.25, 0.3) is 16.9 Å². The highest BCUT2D eigenvalue weighted by atomic mass is 16.2. The Morgan fingerprint density at radius 3 is 2.10 bits per heavy atom. The minimum absolute atomic E-state index is 0.0457. The van der Waals surface area contributed by atoms with Crippen LogP contribution < -0.4 is 0 Å². The summed E-state index contributed by atoms with van der Waals surface area (Å²) in [6, 6.07) is 28.1. The highest BCUT2D eigenvalue weighted by Crippen LogP contribution is 2.25. The lowest BCUT2D eigenvalue weighted by Crippen LogP contribution is -2.26. The lowest BCUT2D eigenvalue weighted by molar-refractivity contribution is 0.0786. The van der Waals surface area contributed by atoms with E-state index in [-0.39, 0.29) is 5.91 Å². The predicted octanol–water partition coefficient (Wildman–Crippen LogP) is 5.37. The van der Waals surface area contributed by atoms with Crippen LogP contribution in [0.15, 0.2) is 91.1 Å². The van der Waals surface area contributed by atoms with Crippen LogP contribution in [0.5, 0.6) is 0 Å². The van der Waals surface area contributed by atoms with Gasteiger partial charge in [0.05, 0.1) is 11.3 Å². The Morgan fingerprint density at radius 2 is 1.47 bits per heavy atom. The molecule has 0 unspecified atom stereocenters. The quantitative estimate of drug-likeness (QED) is 0.440. The number of aryl methyl sites for hydroxylation is 1. The third-order valence-corrected chi connectivity index (χ3v) is 5.21. The molecule has 0 atom stereocenters. The van der Waals surface area contributed by atoms with Gasteiger partial charge in [-0.25, -0.2) is 4.68 Å². The smallest absolute Gasteiger partial charge is 0.257 e. The summed E-state index contributed by atoms with van der Waals surface area (Å²) in [6.07, 6.45) is 2.84. The van der Waals surface area contributed by atoms with E-state index in [0.717, 1.165) is 23.2 Å². The van der Waals surface area contributed by atoms with E-state index in [0.29, 0.717) is 17.8 Å². The Kier molecular flexibility index (Phi) is 5.75. The maximum Gasteiger partial charge on any atom is 0.257 e. The summed E-state index contributed by atoms with van der Waals surface area (Å²) in [5.41, 5.74) is 5.54. The van der Waals surface area contributed by atoms with Gasteiger partial charge in [0, 0.05) is 25.4 Å². The van der Waals surface area contributed by atoms with E-state index in [4.69, 9.17) is 5.10 Å². The normalized spacial score (nSPS) is 10.7. The molecular weight excluding hydrogens is 370 g/mol. The fourth-order valence-electron chi connectivity index (χ4n) is 3.48. The fourth-order valence-corrected chi connectivity index (χ4v) is 3.48. The van der Waals surface area contributed by atoms with E-state index < -0.39 is 0 Å². The highest BCUT2D eigenvalue weighted by Gasteiger charge is 2.21. The second-order valence-electron chi connectivity index (χ2n) is 7.37. The van der Waals surface area contributed by atoms with Crippen LogP contribution in [0.2, 0.25) is 0 Å². The molecule has 4 aromatic rings. The lowest BCUT2D eigenvalue weighted by atomic mass is 10.1. The Bertz CT molecular complexity index is 1120. The Morgan fingerprint density at radius 1 is 0.867 bits per heavy atom. The van der Waals surface area contributed by atoms with E-state index in [1.807, 2.05) is 73.9 Å². The van der Waals surface area contributed by atoms with Crippen molar-refractivity contribution in [1.29, 1.82) is 0 Å². The molecule has 4 nitrogen and oxygen atoms in total. The summed E-state index contributed by atoms with van der Waals surface area (Å²) in [6.45, 7) is 2.69. The molecule has 150 valence electrons. The number of rotatable bonds is 6. The van der Waals surface area contributed by atoms with Crippen LogP contribution in [0, 0.1) is 0 Å². The van der Waals surface area contributed by atoms with Gasteiger partial charge in [0.1, 0.15) is 5.69 Å². The zero-order valence-electron chi connectivity index (χ0n) is 17.3. The lowest BCUT2D eigenvalue weighted by Gasteiger charge is -2.17. The highest BCUT2D eigenvalue weighted by molar-refractivity contribution is 5.99. The van der Waals surface area contributed by atoms with Crippen LogP contribution in [0.1, 0.15) is 28.4 Å². The third kappa shape index (κ3) is 4.18. The Hall–Kier alpha value is -3.66.